The third-order valence-electron chi connectivity index (χ3n) is 5.46. The molecule has 0 aliphatic heterocycles. The van der Waals surface area contributed by atoms with E-state index in [1.165, 1.54) is 6.08 Å². The zero-order chi connectivity index (χ0) is 29.4. The summed E-state index contributed by atoms with van der Waals surface area (Å²) in [5.74, 6) is -2.02. The van der Waals surface area contributed by atoms with E-state index in [9.17, 15) is 19.2 Å². The number of carbonyl (C=O) groups is 4. The van der Waals surface area contributed by atoms with Gasteiger partial charge in [-0.15, -0.1) is 0 Å². The zero-order valence-corrected chi connectivity index (χ0v) is 23.2. The Morgan fingerprint density at radius 1 is 0.925 bits per heavy atom. The normalized spacial score (nSPS) is 12.8. The molecule has 216 valence electrons. The quantitative estimate of drug-likeness (QED) is 0.149. The van der Waals surface area contributed by atoms with Gasteiger partial charge in [0.1, 0.15) is 18.2 Å². The molecular formula is C30H39N3O7. The summed E-state index contributed by atoms with van der Waals surface area (Å²) >= 11 is 0. The Balaban J connectivity index is 1.94. The van der Waals surface area contributed by atoms with Crippen LogP contribution in [-0.2, 0) is 36.9 Å². The van der Waals surface area contributed by atoms with Gasteiger partial charge in [-0.25, -0.2) is 9.59 Å². The summed E-state index contributed by atoms with van der Waals surface area (Å²) < 4.78 is 10.6. The molecule has 2 aromatic carbocycles. The molecule has 4 N–H and O–H groups in total. The van der Waals surface area contributed by atoms with Gasteiger partial charge in [0.15, 0.2) is 0 Å². The van der Waals surface area contributed by atoms with Crippen LogP contribution in [0.5, 0.6) is 0 Å². The number of rotatable bonds is 15. The van der Waals surface area contributed by atoms with E-state index >= 15 is 0 Å². The summed E-state index contributed by atoms with van der Waals surface area (Å²) in [6, 6.07) is 17.1. The Morgan fingerprint density at radius 2 is 1.55 bits per heavy atom. The molecule has 0 aromatic heterocycles. The Morgan fingerprint density at radius 3 is 2.15 bits per heavy atom. The molecule has 2 atom stereocenters. The van der Waals surface area contributed by atoms with Gasteiger partial charge >= 0.3 is 18.0 Å². The Hall–Kier alpha value is -4.18. The van der Waals surface area contributed by atoms with Crippen molar-refractivity contribution in [2.24, 2.45) is 0 Å². The summed E-state index contributed by atoms with van der Waals surface area (Å²) in [6.07, 6.45) is 2.70. The smallest absolute Gasteiger partial charge is 0.408 e. The molecule has 2 rings (SSSR count). The molecule has 2 unspecified atom stereocenters. The second kappa shape index (κ2) is 16.7. The maximum Gasteiger partial charge on any atom is 0.408 e. The molecule has 0 fully saturated rings. The first kappa shape index (κ1) is 32.0. The topological polar surface area (TPSA) is 143 Å². The van der Waals surface area contributed by atoms with Crippen LogP contribution in [0.3, 0.4) is 0 Å². The fourth-order valence-corrected chi connectivity index (χ4v) is 3.65. The lowest BCUT2D eigenvalue weighted by Crippen LogP contribution is -2.51. The molecule has 0 heterocycles. The highest BCUT2D eigenvalue weighted by molar-refractivity contribution is 5.86. The molecule has 0 radical (unpaired) electrons. The lowest BCUT2D eigenvalue weighted by atomic mass is 10.0. The largest absolute Gasteiger partial charge is 0.478 e. The van der Waals surface area contributed by atoms with Gasteiger partial charge in [-0.1, -0.05) is 66.7 Å². The number of amides is 2. The SMILES string of the molecule is CC(C)(C)OC(=O)NC(CCCNCC(=O)OCc1ccccc1)C(=O)NC(/C=C/C(=O)O)Cc1ccccc1. The molecule has 2 aromatic rings. The van der Waals surface area contributed by atoms with Gasteiger partial charge < -0.3 is 30.5 Å². The van der Waals surface area contributed by atoms with Crippen LogP contribution in [0.15, 0.2) is 72.8 Å². The number of carboxylic acids is 1. The standard InChI is InChI=1S/C30H39N3O7/c1-30(2,3)40-29(38)33-25(15-10-18-31-20-27(36)39-21-23-13-8-5-9-14-23)28(37)32-24(16-17-26(34)35)19-22-11-6-4-7-12-22/h4-9,11-14,16-17,24-25,31H,10,15,18-21H2,1-3H3,(H,32,37)(H,33,38)(H,34,35)/b17-16+. The molecule has 10 heteroatoms. The van der Waals surface area contributed by atoms with E-state index in [0.717, 1.165) is 17.2 Å². The van der Waals surface area contributed by atoms with Crippen LogP contribution in [0.2, 0.25) is 0 Å². The third kappa shape index (κ3) is 14.1. The summed E-state index contributed by atoms with van der Waals surface area (Å²) in [5, 5.41) is 17.5. The number of aliphatic carboxylic acids is 1. The molecule has 40 heavy (non-hydrogen) atoms. The van der Waals surface area contributed by atoms with E-state index in [2.05, 4.69) is 16.0 Å². The fourth-order valence-electron chi connectivity index (χ4n) is 3.65. The third-order valence-corrected chi connectivity index (χ3v) is 5.46. The number of ether oxygens (including phenoxy) is 2. The summed E-state index contributed by atoms with van der Waals surface area (Å²) in [7, 11) is 0. The first-order chi connectivity index (χ1) is 19.0. The number of alkyl carbamates (subject to hydrolysis) is 1. The molecule has 0 saturated heterocycles. The van der Waals surface area contributed by atoms with E-state index in [1.54, 1.807) is 20.8 Å². The van der Waals surface area contributed by atoms with Crippen LogP contribution in [0.1, 0.15) is 44.7 Å². The van der Waals surface area contributed by atoms with Crippen molar-refractivity contribution in [2.75, 3.05) is 13.1 Å². The maximum absolute atomic E-state index is 13.2. The van der Waals surface area contributed by atoms with Crippen LogP contribution in [0, 0.1) is 0 Å². The van der Waals surface area contributed by atoms with Crippen molar-refractivity contribution in [2.45, 2.75) is 64.3 Å². The number of carbonyl (C=O) groups excluding carboxylic acids is 3. The van der Waals surface area contributed by atoms with Gasteiger partial charge in [0.2, 0.25) is 5.91 Å². The van der Waals surface area contributed by atoms with Crippen LogP contribution >= 0.6 is 0 Å². The number of hydrogen-bond donors (Lipinski definition) is 4. The first-order valence-electron chi connectivity index (χ1n) is 13.2. The van der Waals surface area contributed by atoms with Crippen LogP contribution < -0.4 is 16.0 Å². The Labute approximate surface area is 235 Å². The van der Waals surface area contributed by atoms with Crippen LogP contribution in [-0.4, -0.2) is 59.8 Å². The van der Waals surface area contributed by atoms with Gasteiger partial charge in [0.05, 0.1) is 12.6 Å². The highest BCUT2D eigenvalue weighted by atomic mass is 16.6. The predicted octanol–water partition coefficient (Wildman–Crippen LogP) is 3.36. The molecule has 0 spiro atoms. The van der Waals surface area contributed by atoms with Crippen molar-refractivity contribution in [1.29, 1.82) is 0 Å². The minimum absolute atomic E-state index is 0.00231. The van der Waals surface area contributed by atoms with Gasteiger partial charge in [-0.2, -0.15) is 0 Å². The van der Waals surface area contributed by atoms with Crippen LogP contribution in [0.4, 0.5) is 4.79 Å². The van der Waals surface area contributed by atoms with E-state index in [-0.39, 0.29) is 19.6 Å². The van der Waals surface area contributed by atoms with Gasteiger partial charge in [-0.05, 0) is 57.7 Å². The average Bonchev–Trinajstić information content (AvgIpc) is 2.89. The van der Waals surface area contributed by atoms with Crippen molar-refractivity contribution in [3.63, 3.8) is 0 Å². The first-order valence-corrected chi connectivity index (χ1v) is 13.2. The van der Waals surface area contributed by atoms with Gasteiger partial charge in [-0.3, -0.25) is 9.59 Å². The van der Waals surface area contributed by atoms with Gasteiger partial charge in [0, 0.05) is 6.08 Å². The number of hydrogen-bond acceptors (Lipinski definition) is 7. The molecule has 0 bridgehead atoms. The van der Waals surface area contributed by atoms with E-state index < -0.39 is 41.6 Å². The number of esters is 1. The highest BCUT2D eigenvalue weighted by Gasteiger charge is 2.25. The van der Waals surface area contributed by atoms with E-state index in [4.69, 9.17) is 14.6 Å². The summed E-state index contributed by atoms with van der Waals surface area (Å²) in [6.45, 7) is 5.73. The van der Waals surface area contributed by atoms with E-state index in [1.807, 2.05) is 60.7 Å². The van der Waals surface area contributed by atoms with Crippen molar-refractivity contribution >= 4 is 23.9 Å². The van der Waals surface area contributed by atoms with Crippen molar-refractivity contribution in [3.8, 4) is 0 Å². The Kier molecular flexibility index (Phi) is 13.4. The van der Waals surface area contributed by atoms with Crippen molar-refractivity contribution in [1.82, 2.24) is 16.0 Å². The lowest BCUT2D eigenvalue weighted by Gasteiger charge is -2.25. The minimum atomic E-state index is -1.14. The maximum atomic E-state index is 13.2. The van der Waals surface area contributed by atoms with Gasteiger partial charge in [0.25, 0.3) is 0 Å². The second-order valence-electron chi connectivity index (χ2n) is 10.2. The lowest BCUT2D eigenvalue weighted by molar-refractivity contribution is -0.143. The van der Waals surface area contributed by atoms with Crippen LogP contribution in [0.25, 0.3) is 0 Å². The fraction of sp³-hybridized carbons (Fsp3) is 0.400. The molecule has 0 aliphatic rings. The summed E-state index contributed by atoms with van der Waals surface area (Å²) in [4.78, 5) is 48.8. The molecule has 0 saturated carbocycles. The minimum Gasteiger partial charge on any atom is -0.478 e. The highest BCUT2D eigenvalue weighted by Crippen LogP contribution is 2.09. The molecule has 10 nitrogen and oxygen atoms in total. The monoisotopic (exact) mass is 553 g/mol. The zero-order valence-electron chi connectivity index (χ0n) is 23.2. The number of nitrogens with one attached hydrogen (secondary N) is 3. The molecule has 2 amide bonds. The molecular weight excluding hydrogens is 514 g/mol. The van der Waals surface area contributed by atoms with E-state index in [0.29, 0.717) is 19.4 Å². The number of carboxylic acid groups (broad SMARTS) is 1. The Bertz CT molecular complexity index is 1120. The van der Waals surface area contributed by atoms with Crippen molar-refractivity contribution in [3.05, 3.63) is 83.9 Å². The van der Waals surface area contributed by atoms with Crippen molar-refractivity contribution < 1.29 is 33.8 Å². The second-order valence-corrected chi connectivity index (χ2v) is 10.2. The number of benzene rings is 2. The predicted molar refractivity (Wildman–Crippen MR) is 150 cm³/mol. The average molecular weight is 554 g/mol. The molecule has 0 aliphatic carbocycles. The summed E-state index contributed by atoms with van der Waals surface area (Å²) in [5.41, 5.74) is 1.04.